The molecule has 1 amide bonds. The number of rotatable bonds is 7. The Morgan fingerprint density at radius 1 is 1.37 bits per heavy atom. The molecule has 0 radical (unpaired) electrons. The number of amides is 1. The third-order valence-corrected chi connectivity index (χ3v) is 4.32. The molecule has 0 bridgehead atoms. The molecule has 146 valence electrons. The molecule has 0 aliphatic heterocycles. The van der Waals surface area contributed by atoms with E-state index < -0.39 is 23.7 Å². The number of halogens is 1. The van der Waals surface area contributed by atoms with E-state index in [4.69, 9.17) is 21.1 Å². The Morgan fingerprint density at radius 3 is 2.70 bits per heavy atom. The number of ether oxygens (including phenoxy) is 2. The summed E-state index contributed by atoms with van der Waals surface area (Å²) in [5.74, 6) is -0.565. The molecule has 27 heavy (non-hydrogen) atoms. The van der Waals surface area contributed by atoms with Crippen molar-refractivity contribution >= 4 is 35.0 Å². The fourth-order valence-corrected chi connectivity index (χ4v) is 3.04. The molecule has 0 spiro atoms. The van der Waals surface area contributed by atoms with E-state index in [0.29, 0.717) is 22.4 Å². The lowest BCUT2D eigenvalue weighted by atomic mass is 10.1. The van der Waals surface area contributed by atoms with Crippen molar-refractivity contribution in [3.05, 3.63) is 45.4 Å². The van der Waals surface area contributed by atoms with Gasteiger partial charge in [-0.15, -0.1) is 11.3 Å². The number of hydrogen-bond donors (Lipinski definition) is 2. The second-order valence-electron chi connectivity index (χ2n) is 6.76. The third-order valence-electron chi connectivity index (χ3n) is 3.23. The molecule has 7 nitrogen and oxygen atoms in total. The van der Waals surface area contributed by atoms with Crippen LogP contribution in [0.5, 0.6) is 5.75 Å². The van der Waals surface area contributed by atoms with Gasteiger partial charge in [0.25, 0.3) is 0 Å². The maximum Gasteiger partial charge on any atom is 0.408 e. The number of aromatic nitrogens is 1. The van der Waals surface area contributed by atoms with E-state index in [1.807, 2.05) is 0 Å². The van der Waals surface area contributed by atoms with Gasteiger partial charge in [0.15, 0.2) is 4.47 Å². The van der Waals surface area contributed by atoms with E-state index in [-0.39, 0.29) is 6.42 Å². The molecular weight excluding hydrogens is 392 g/mol. The van der Waals surface area contributed by atoms with Gasteiger partial charge in [0.1, 0.15) is 24.0 Å². The zero-order valence-corrected chi connectivity index (χ0v) is 16.8. The summed E-state index contributed by atoms with van der Waals surface area (Å²) in [5.41, 5.74) is -0.00114. The molecule has 0 aliphatic rings. The van der Waals surface area contributed by atoms with Crippen molar-refractivity contribution in [1.29, 1.82) is 0 Å². The second kappa shape index (κ2) is 9.05. The van der Waals surface area contributed by atoms with Gasteiger partial charge in [-0.2, -0.15) is 0 Å². The number of benzene rings is 1. The molecule has 1 aromatic heterocycles. The number of carbonyl (C=O) groups is 2. The molecule has 9 heteroatoms. The minimum absolute atomic E-state index is 0.0954. The smallest absolute Gasteiger partial charge is 0.408 e. The predicted octanol–water partition coefficient (Wildman–Crippen LogP) is 3.90. The van der Waals surface area contributed by atoms with E-state index in [1.165, 1.54) is 11.3 Å². The summed E-state index contributed by atoms with van der Waals surface area (Å²) in [7, 11) is 0. The van der Waals surface area contributed by atoms with Crippen LogP contribution >= 0.6 is 22.9 Å². The molecule has 0 aliphatic carbocycles. The summed E-state index contributed by atoms with van der Waals surface area (Å²) >= 11 is 7.11. The molecule has 2 N–H and O–H groups in total. The normalized spacial score (nSPS) is 12.3. The first-order valence-corrected chi connectivity index (χ1v) is 9.36. The number of hydrogen-bond acceptors (Lipinski definition) is 6. The number of nitrogens with zero attached hydrogens (tertiary/aromatic N) is 1. The Kier molecular flexibility index (Phi) is 7.04. The van der Waals surface area contributed by atoms with Gasteiger partial charge >= 0.3 is 12.1 Å². The summed E-state index contributed by atoms with van der Waals surface area (Å²) in [6.07, 6.45) is 0.963. The quantitative estimate of drug-likeness (QED) is 0.715. The van der Waals surface area contributed by atoms with E-state index in [0.717, 1.165) is 4.88 Å². The lowest BCUT2D eigenvalue weighted by Crippen LogP contribution is -2.44. The molecule has 0 saturated carbocycles. The average Bonchev–Trinajstić information content (AvgIpc) is 2.96. The largest absolute Gasteiger partial charge is 0.488 e. The fourth-order valence-electron chi connectivity index (χ4n) is 2.15. The van der Waals surface area contributed by atoms with Crippen molar-refractivity contribution in [1.82, 2.24) is 10.3 Å². The average molecular weight is 413 g/mol. The Morgan fingerprint density at radius 2 is 2.11 bits per heavy atom. The zero-order valence-electron chi connectivity index (χ0n) is 15.2. The summed E-state index contributed by atoms with van der Waals surface area (Å²) < 4.78 is 11.2. The van der Waals surface area contributed by atoms with Gasteiger partial charge in [0, 0.05) is 12.6 Å². The second-order valence-corrected chi connectivity index (χ2v) is 8.45. The van der Waals surface area contributed by atoms with Gasteiger partial charge < -0.3 is 19.9 Å². The zero-order chi connectivity index (χ0) is 20.0. The lowest BCUT2D eigenvalue weighted by molar-refractivity contribution is -0.139. The molecular formula is C18H21ClN2O5S. The van der Waals surface area contributed by atoms with Crippen LogP contribution < -0.4 is 10.1 Å². The summed E-state index contributed by atoms with van der Waals surface area (Å²) in [6.45, 7) is 5.44. The van der Waals surface area contributed by atoms with Crippen molar-refractivity contribution in [3.8, 4) is 5.75 Å². The molecule has 1 aromatic carbocycles. The van der Waals surface area contributed by atoms with Crippen LogP contribution in [0.15, 0.2) is 30.5 Å². The first-order chi connectivity index (χ1) is 12.6. The highest BCUT2D eigenvalue weighted by Gasteiger charge is 2.24. The number of carbonyl (C=O) groups excluding carboxylic acids is 1. The monoisotopic (exact) mass is 412 g/mol. The lowest BCUT2D eigenvalue weighted by Gasteiger charge is -2.22. The predicted molar refractivity (Wildman–Crippen MR) is 102 cm³/mol. The van der Waals surface area contributed by atoms with Crippen LogP contribution in [0.4, 0.5) is 4.79 Å². The highest BCUT2D eigenvalue weighted by atomic mass is 35.5. The third kappa shape index (κ3) is 7.44. The summed E-state index contributed by atoms with van der Waals surface area (Å²) in [5, 5.41) is 11.8. The Labute approximate surface area is 166 Å². The maximum absolute atomic E-state index is 11.9. The number of carboxylic acid groups (broad SMARTS) is 1. The molecule has 0 saturated heterocycles. The van der Waals surface area contributed by atoms with Crippen LogP contribution in [0.3, 0.4) is 0 Å². The van der Waals surface area contributed by atoms with Crippen molar-refractivity contribution in [2.24, 2.45) is 0 Å². The van der Waals surface area contributed by atoms with Crippen LogP contribution in [-0.2, 0) is 22.6 Å². The standard InChI is InChI=1S/C18H21ClN2O5S/c1-18(2,3)26-17(24)21-14(15(22)23)8-11-5-4-6-12(7-11)25-10-13-9-20-16(19)27-13/h4-7,9,14H,8,10H2,1-3H3,(H,21,24)(H,22,23). The van der Waals surface area contributed by atoms with Crippen LogP contribution in [0, 0.1) is 0 Å². The van der Waals surface area contributed by atoms with E-state index >= 15 is 0 Å². The first-order valence-electron chi connectivity index (χ1n) is 8.16. The molecule has 2 rings (SSSR count). The SMILES string of the molecule is CC(C)(C)OC(=O)NC(Cc1cccc(OCc2cnc(Cl)s2)c1)C(=O)O. The van der Waals surface area contributed by atoms with Gasteiger partial charge in [-0.3, -0.25) is 0 Å². The van der Waals surface area contributed by atoms with Gasteiger partial charge in [0.2, 0.25) is 0 Å². The van der Waals surface area contributed by atoms with Gasteiger partial charge in [-0.25, -0.2) is 14.6 Å². The fraction of sp³-hybridized carbons (Fsp3) is 0.389. The molecule has 1 unspecified atom stereocenters. The number of nitrogens with one attached hydrogen (secondary N) is 1. The topological polar surface area (TPSA) is 97.8 Å². The minimum atomic E-state index is -1.15. The van der Waals surface area contributed by atoms with Crippen molar-refractivity contribution in [2.75, 3.05) is 0 Å². The Bertz CT molecular complexity index is 803. The maximum atomic E-state index is 11.9. The number of thiazole rings is 1. The summed E-state index contributed by atoms with van der Waals surface area (Å²) in [4.78, 5) is 28.2. The van der Waals surface area contributed by atoms with Crippen molar-refractivity contribution in [3.63, 3.8) is 0 Å². The number of alkyl carbamates (subject to hydrolysis) is 1. The Balaban J connectivity index is 1.98. The van der Waals surface area contributed by atoms with Crippen LogP contribution in [-0.4, -0.2) is 33.8 Å². The van der Waals surface area contributed by atoms with E-state index in [2.05, 4.69) is 10.3 Å². The number of carboxylic acids is 1. The molecule has 1 atom stereocenters. The highest BCUT2D eigenvalue weighted by Crippen LogP contribution is 2.21. The van der Waals surface area contributed by atoms with Crippen molar-refractivity contribution in [2.45, 2.75) is 45.4 Å². The van der Waals surface area contributed by atoms with Crippen LogP contribution in [0.25, 0.3) is 0 Å². The molecule has 2 aromatic rings. The summed E-state index contributed by atoms with van der Waals surface area (Å²) in [6, 6.07) is 5.91. The van der Waals surface area contributed by atoms with E-state index in [1.54, 1.807) is 51.2 Å². The van der Waals surface area contributed by atoms with Gasteiger partial charge in [-0.1, -0.05) is 23.7 Å². The minimum Gasteiger partial charge on any atom is -0.488 e. The Hall–Kier alpha value is -2.32. The molecule has 1 heterocycles. The van der Waals surface area contributed by atoms with Crippen molar-refractivity contribution < 1.29 is 24.2 Å². The van der Waals surface area contributed by atoms with Crippen LogP contribution in [0.2, 0.25) is 4.47 Å². The highest BCUT2D eigenvalue weighted by molar-refractivity contribution is 7.15. The van der Waals surface area contributed by atoms with Crippen LogP contribution in [0.1, 0.15) is 31.2 Å². The first kappa shape index (κ1) is 21.0. The van der Waals surface area contributed by atoms with E-state index in [9.17, 15) is 14.7 Å². The van der Waals surface area contributed by atoms with Gasteiger partial charge in [0.05, 0.1) is 4.88 Å². The van der Waals surface area contributed by atoms with Gasteiger partial charge in [-0.05, 0) is 38.5 Å². The molecule has 0 fully saturated rings. The number of aliphatic carboxylic acids is 1.